The highest BCUT2D eigenvalue weighted by Gasteiger charge is 2.16. The smallest absolute Gasteiger partial charge is 0.213 e. The van der Waals surface area contributed by atoms with Crippen molar-refractivity contribution in [3.63, 3.8) is 0 Å². The van der Waals surface area contributed by atoms with Crippen LogP contribution in [0.4, 0.5) is 0 Å². The van der Waals surface area contributed by atoms with Crippen LogP contribution in [0.3, 0.4) is 0 Å². The summed E-state index contributed by atoms with van der Waals surface area (Å²) in [6, 6.07) is 23.1. The Morgan fingerprint density at radius 2 is 1.62 bits per heavy atom. The van der Waals surface area contributed by atoms with E-state index in [0.29, 0.717) is 29.0 Å². The number of Topliss-reactive ketones (excluding diaryl/α,β-unsaturated/α-hetero) is 1. The van der Waals surface area contributed by atoms with E-state index in [0.717, 1.165) is 6.42 Å². The lowest BCUT2D eigenvalue weighted by Crippen LogP contribution is -2.15. The largest absolute Gasteiger partial charge is 0.507 e. The van der Waals surface area contributed by atoms with Gasteiger partial charge in [-0.2, -0.15) is 5.10 Å². The lowest BCUT2D eigenvalue weighted by atomic mass is 10.0. The number of phenolic OH excluding ortho intramolecular Hbond substituents is 1. The molecule has 0 fully saturated rings. The molecule has 0 radical (unpaired) electrons. The van der Waals surface area contributed by atoms with Gasteiger partial charge >= 0.3 is 0 Å². The molecule has 0 aliphatic carbocycles. The number of rotatable bonds is 8. The van der Waals surface area contributed by atoms with Gasteiger partial charge in [-0.3, -0.25) is 4.79 Å². The zero-order valence-electron chi connectivity index (χ0n) is 16.2. The van der Waals surface area contributed by atoms with E-state index >= 15 is 0 Å². The van der Waals surface area contributed by atoms with Crippen LogP contribution in [0.1, 0.15) is 34.8 Å². The molecule has 3 aromatic carbocycles. The fourth-order valence-electron chi connectivity index (χ4n) is 2.65. The molecular weight excluding hydrogens is 364 g/mol. The normalized spacial score (nSPS) is 11.6. The van der Waals surface area contributed by atoms with Crippen LogP contribution >= 0.6 is 0 Å². The highest BCUT2D eigenvalue weighted by molar-refractivity contribution is 6.51. The molecule has 0 saturated carbocycles. The van der Waals surface area contributed by atoms with E-state index in [1.54, 1.807) is 36.4 Å². The number of ketones is 1. The van der Waals surface area contributed by atoms with Crippen LogP contribution < -0.4 is 4.74 Å². The lowest BCUT2D eigenvalue weighted by molar-refractivity contribution is 0.106. The van der Waals surface area contributed by atoms with Gasteiger partial charge in [-0.1, -0.05) is 67.6 Å². The number of carbonyl (C=O) groups excluding carboxylic acids is 1. The van der Waals surface area contributed by atoms with Gasteiger partial charge in [-0.15, -0.1) is 5.10 Å². The molecule has 0 aliphatic rings. The second-order valence-electron chi connectivity index (χ2n) is 6.32. The first kappa shape index (κ1) is 20.0. The standard InChI is InChI=1S/C24H22N2O3/c1-2-15-29-21-14-13-20(22(27)16-21)17-25-26-23(18-9-5-3-6-10-18)24(28)19-11-7-4-8-12-19/h3-14,16-17,27H,2,15H2,1H3. The van der Waals surface area contributed by atoms with Crippen molar-refractivity contribution in [1.29, 1.82) is 0 Å². The zero-order valence-corrected chi connectivity index (χ0v) is 16.2. The van der Waals surface area contributed by atoms with E-state index in [1.807, 2.05) is 43.3 Å². The van der Waals surface area contributed by atoms with Crippen molar-refractivity contribution in [2.75, 3.05) is 6.61 Å². The van der Waals surface area contributed by atoms with Gasteiger partial charge in [-0.05, 0) is 18.6 Å². The quantitative estimate of drug-likeness (QED) is 0.340. The Balaban J connectivity index is 1.88. The average molecular weight is 386 g/mol. The van der Waals surface area contributed by atoms with Crippen LogP contribution in [0, 0.1) is 0 Å². The van der Waals surface area contributed by atoms with Gasteiger partial charge < -0.3 is 9.84 Å². The SMILES string of the molecule is CCCOc1ccc(C=NN=C(C(=O)c2ccccc2)c2ccccc2)c(O)c1. The van der Waals surface area contributed by atoms with Crippen molar-refractivity contribution in [3.8, 4) is 11.5 Å². The summed E-state index contributed by atoms with van der Waals surface area (Å²) in [4.78, 5) is 12.9. The molecule has 0 heterocycles. The van der Waals surface area contributed by atoms with E-state index in [4.69, 9.17) is 4.74 Å². The van der Waals surface area contributed by atoms with Gasteiger partial charge in [0, 0.05) is 22.8 Å². The zero-order chi connectivity index (χ0) is 20.5. The lowest BCUT2D eigenvalue weighted by Gasteiger charge is -2.06. The average Bonchev–Trinajstić information content (AvgIpc) is 2.77. The van der Waals surface area contributed by atoms with Gasteiger partial charge in [0.05, 0.1) is 12.8 Å². The molecule has 0 unspecified atom stereocenters. The minimum absolute atomic E-state index is 0.0354. The minimum atomic E-state index is -0.221. The summed E-state index contributed by atoms with van der Waals surface area (Å²) < 4.78 is 5.50. The minimum Gasteiger partial charge on any atom is -0.507 e. The number of carbonyl (C=O) groups is 1. The van der Waals surface area contributed by atoms with Gasteiger partial charge in [0.2, 0.25) is 5.78 Å². The molecule has 0 atom stereocenters. The van der Waals surface area contributed by atoms with E-state index < -0.39 is 0 Å². The topological polar surface area (TPSA) is 71.2 Å². The van der Waals surface area contributed by atoms with E-state index in [1.165, 1.54) is 12.3 Å². The second-order valence-corrected chi connectivity index (χ2v) is 6.32. The number of hydrogen-bond acceptors (Lipinski definition) is 5. The van der Waals surface area contributed by atoms with Crippen molar-refractivity contribution < 1.29 is 14.6 Å². The maximum Gasteiger partial charge on any atom is 0.213 e. The first-order valence-corrected chi connectivity index (χ1v) is 9.41. The number of aromatic hydroxyl groups is 1. The molecule has 0 amide bonds. The summed E-state index contributed by atoms with van der Waals surface area (Å²) in [6.07, 6.45) is 2.30. The summed E-state index contributed by atoms with van der Waals surface area (Å²) in [5.74, 6) is 0.406. The first-order chi connectivity index (χ1) is 14.2. The first-order valence-electron chi connectivity index (χ1n) is 9.41. The molecule has 0 aromatic heterocycles. The second kappa shape index (κ2) is 9.99. The number of benzene rings is 3. The molecule has 3 aromatic rings. The highest BCUT2D eigenvalue weighted by Crippen LogP contribution is 2.22. The van der Waals surface area contributed by atoms with E-state index in [9.17, 15) is 9.90 Å². The fraction of sp³-hybridized carbons (Fsp3) is 0.125. The molecule has 5 nitrogen and oxygen atoms in total. The molecule has 5 heteroatoms. The molecule has 0 bridgehead atoms. The van der Waals surface area contributed by atoms with Crippen LogP contribution in [-0.2, 0) is 0 Å². The van der Waals surface area contributed by atoms with Crippen LogP contribution in [0.5, 0.6) is 11.5 Å². The summed E-state index contributed by atoms with van der Waals surface area (Å²) in [6.45, 7) is 2.60. The monoisotopic (exact) mass is 386 g/mol. The van der Waals surface area contributed by atoms with E-state index in [2.05, 4.69) is 10.2 Å². The van der Waals surface area contributed by atoms with E-state index in [-0.39, 0.29) is 17.2 Å². The Morgan fingerprint density at radius 1 is 0.966 bits per heavy atom. The molecule has 0 spiro atoms. The summed E-state index contributed by atoms with van der Waals surface area (Å²) in [5, 5.41) is 18.4. The third kappa shape index (κ3) is 5.39. The maximum atomic E-state index is 12.9. The Bertz CT molecular complexity index is 1010. The summed E-state index contributed by atoms with van der Waals surface area (Å²) in [7, 11) is 0. The van der Waals surface area contributed by atoms with Crippen LogP contribution in [0.25, 0.3) is 0 Å². The molecule has 3 rings (SSSR count). The Kier molecular flexibility index (Phi) is 6.90. The predicted molar refractivity (Wildman–Crippen MR) is 115 cm³/mol. The summed E-state index contributed by atoms with van der Waals surface area (Å²) >= 11 is 0. The molecule has 0 aliphatic heterocycles. The molecule has 146 valence electrons. The van der Waals surface area contributed by atoms with Crippen molar-refractivity contribution in [3.05, 3.63) is 95.6 Å². The van der Waals surface area contributed by atoms with Crippen molar-refractivity contribution in [2.45, 2.75) is 13.3 Å². The van der Waals surface area contributed by atoms with Crippen LogP contribution in [0.15, 0.2) is 89.1 Å². The van der Waals surface area contributed by atoms with Gasteiger partial charge in [0.1, 0.15) is 17.2 Å². The van der Waals surface area contributed by atoms with Gasteiger partial charge in [0.25, 0.3) is 0 Å². The predicted octanol–water partition coefficient (Wildman–Crippen LogP) is 4.89. The Morgan fingerprint density at radius 3 is 2.24 bits per heavy atom. The molecular formula is C24H22N2O3. The highest BCUT2D eigenvalue weighted by atomic mass is 16.5. The number of hydrogen-bond donors (Lipinski definition) is 1. The van der Waals surface area contributed by atoms with Gasteiger partial charge in [0.15, 0.2) is 0 Å². The van der Waals surface area contributed by atoms with Crippen LogP contribution in [0.2, 0.25) is 0 Å². The fourth-order valence-corrected chi connectivity index (χ4v) is 2.65. The summed E-state index contributed by atoms with van der Waals surface area (Å²) in [5.41, 5.74) is 1.92. The number of phenols is 1. The maximum absolute atomic E-state index is 12.9. The van der Waals surface area contributed by atoms with Crippen molar-refractivity contribution >= 4 is 17.7 Å². The molecule has 1 N–H and O–H groups in total. The van der Waals surface area contributed by atoms with Crippen molar-refractivity contribution in [1.82, 2.24) is 0 Å². The number of ether oxygens (including phenoxy) is 1. The van der Waals surface area contributed by atoms with Crippen molar-refractivity contribution in [2.24, 2.45) is 10.2 Å². The number of nitrogens with zero attached hydrogens (tertiary/aromatic N) is 2. The molecule has 29 heavy (non-hydrogen) atoms. The third-order valence-electron chi connectivity index (χ3n) is 4.13. The Hall–Kier alpha value is -3.73. The van der Waals surface area contributed by atoms with Gasteiger partial charge in [-0.25, -0.2) is 0 Å². The Labute approximate surface area is 170 Å². The van der Waals surface area contributed by atoms with Crippen LogP contribution in [-0.4, -0.2) is 29.4 Å². The third-order valence-corrected chi connectivity index (χ3v) is 4.13. The molecule has 0 saturated heterocycles.